The zero-order chi connectivity index (χ0) is 22.7. The van der Waals surface area contributed by atoms with Crippen LogP contribution in [0.3, 0.4) is 0 Å². The van der Waals surface area contributed by atoms with Crippen molar-refractivity contribution in [3.63, 3.8) is 0 Å². The first-order valence-corrected chi connectivity index (χ1v) is 10.8. The van der Waals surface area contributed by atoms with Crippen LogP contribution in [-0.2, 0) is 11.3 Å². The summed E-state index contributed by atoms with van der Waals surface area (Å²) in [6.07, 6.45) is 1.89. The molecule has 31 heavy (non-hydrogen) atoms. The Labute approximate surface area is 184 Å². The van der Waals surface area contributed by atoms with Crippen LogP contribution in [0.5, 0.6) is 0 Å². The van der Waals surface area contributed by atoms with E-state index in [0.29, 0.717) is 12.1 Å². The van der Waals surface area contributed by atoms with E-state index in [0.717, 1.165) is 29.8 Å². The molecule has 1 N–H and O–H groups in total. The summed E-state index contributed by atoms with van der Waals surface area (Å²) in [5.41, 5.74) is 3.13. The van der Waals surface area contributed by atoms with E-state index in [9.17, 15) is 14.0 Å². The number of hydrogen-bond donors (Lipinski definition) is 1. The fourth-order valence-corrected chi connectivity index (χ4v) is 3.52. The monoisotopic (exact) mass is 425 g/mol. The summed E-state index contributed by atoms with van der Waals surface area (Å²) in [6.45, 7) is 6.57. The highest BCUT2D eigenvalue weighted by molar-refractivity contribution is 5.95. The summed E-state index contributed by atoms with van der Waals surface area (Å²) in [7, 11) is 3.92. The molecular formula is C25H32FN3O2. The number of carbonyl (C=O) groups excluding carboxylic acids is 2. The molecule has 0 radical (unpaired) electrons. The maximum Gasteiger partial charge on any atom is 0.254 e. The Morgan fingerprint density at radius 1 is 1.06 bits per heavy atom. The van der Waals surface area contributed by atoms with Crippen LogP contribution in [0.1, 0.15) is 49.5 Å². The molecule has 0 saturated heterocycles. The molecule has 1 aliphatic rings. The molecule has 2 aromatic carbocycles. The molecule has 1 saturated carbocycles. The largest absolute Gasteiger partial charge is 0.377 e. The van der Waals surface area contributed by atoms with Gasteiger partial charge in [-0.1, -0.05) is 13.8 Å². The molecule has 0 spiro atoms. The van der Waals surface area contributed by atoms with Crippen LogP contribution >= 0.6 is 0 Å². The number of benzene rings is 2. The summed E-state index contributed by atoms with van der Waals surface area (Å²) < 4.78 is 13.4. The number of nitrogens with zero attached hydrogens (tertiary/aromatic N) is 2. The van der Waals surface area contributed by atoms with Gasteiger partial charge in [0.25, 0.3) is 5.91 Å². The van der Waals surface area contributed by atoms with E-state index in [4.69, 9.17) is 0 Å². The van der Waals surface area contributed by atoms with Gasteiger partial charge in [-0.3, -0.25) is 9.59 Å². The highest BCUT2D eigenvalue weighted by atomic mass is 19.1. The third kappa shape index (κ3) is 5.63. The molecule has 0 unspecified atom stereocenters. The SMILES string of the molecule is CC(C)[C@H](C)N(Cc1cc(NC(=O)C2CC2)ccc1N(C)C)C(=O)c1ccc(F)cc1. The fraction of sp³-hybridized carbons (Fsp3) is 0.440. The topological polar surface area (TPSA) is 52.7 Å². The maximum atomic E-state index is 13.4. The Morgan fingerprint density at radius 2 is 1.71 bits per heavy atom. The van der Waals surface area contributed by atoms with E-state index in [1.807, 2.05) is 49.0 Å². The smallest absolute Gasteiger partial charge is 0.254 e. The molecule has 1 aliphatic carbocycles. The lowest BCUT2D eigenvalue weighted by Crippen LogP contribution is -2.41. The van der Waals surface area contributed by atoms with Crippen molar-refractivity contribution in [2.45, 2.75) is 46.2 Å². The maximum absolute atomic E-state index is 13.4. The van der Waals surface area contributed by atoms with E-state index in [1.165, 1.54) is 24.3 Å². The van der Waals surface area contributed by atoms with E-state index in [1.54, 1.807) is 0 Å². The molecule has 0 aliphatic heterocycles. The highest BCUT2D eigenvalue weighted by Gasteiger charge is 2.30. The van der Waals surface area contributed by atoms with Crippen LogP contribution in [-0.4, -0.2) is 36.9 Å². The van der Waals surface area contributed by atoms with Gasteiger partial charge >= 0.3 is 0 Å². The van der Waals surface area contributed by atoms with Crippen molar-refractivity contribution < 1.29 is 14.0 Å². The average Bonchev–Trinajstić information content (AvgIpc) is 3.57. The third-order valence-corrected chi connectivity index (χ3v) is 5.93. The Morgan fingerprint density at radius 3 is 2.26 bits per heavy atom. The van der Waals surface area contributed by atoms with Crippen LogP contribution in [0.4, 0.5) is 15.8 Å². The lowest BCUT2D eigenvalue weighted by molar-refractivity contribution is -0.117. The van der Waals surface area contributed by atoms with Crippen molar-refractivity contribution in [3.8, 4) is 0 Å². The zero-order valence-electron chi connectivity index (χ0n) is 19.0. The lowest BCUT2D eigenvalue weighted by atomic mass is 10.0. The second-order valence-electron chi connectivity index (χ2n) is 8.93. The summed E-state index contributed by atoms with van der Waals surface area (Å²) in [5, 5.41) is 3.00. The van der Waals surface area contributed by atoms with Gasteiger partial charge in [0.15, 0.2) is 0 Å². The van der Waals surface area contributed by atoms with Gasteiger partial charge in [-0.2, -0.15) is 0 Å². The number of nitrogens with one attached hydrogen (secondary N) is 1. The predicted octanol–water partition coefficient (Wildman–Crippen LogP) is 4.93. The van der Waals surface area contributed by atoms with E-state index in [-0.39, 0.29) is 35.5 Å². The summed E-state index contributed by atoms with van der Waals surface area (Å²) in [5.74, 6) is -0.0925. The van der Waals surface area contributed by atoms with Crippen molar-refractivity contribution in [1.82, 2.24) is 4.90 Å². The minimum absolute atomic E-state index is 0.0303. The van der Waals surface area contributed by atoms with Gasteiger partial charge in [-0.15, -0.1) is 0 Å². The molecule has 1 fully saturated rings. The standard InChI is InChI=1S/C25H32FN3O2/c1-16(2)17(3)29(25(31)19-8-10-21(26)11-9-19)15-20-14-22(12-13-23(20)28(4)5)27-24(30)18-6-7-18/h8-14,16-18H,6-7,15H2,1-5H3,(H,27,30)/t17-/m0/s1. The molecule has 0 aromatic heterocycles. The molecule has 2 amide bonds. The summed E-state index contributed by atoms with van der Waals surface area (Å²) >= 11 is 0. The van der Waals surface area contributed by atoms with Crippen molar-refractivity contribution in [2.75, 3.05) is 24.3 Å². The van der Waals surface area contributed by atoms with Gasteiger partial charge in [0.1, 0.15) is 5.82 Å². The fourth-order valence-electron chi connectivity index (χ4n) is 3.52. The number of hydrogen-bond acceptors (Lipinski definition) is 3. The molecule has 166 valence electrons. The number of amides is 2. The van der Waals surface area contributed by atoms with Crippen molar-refractivity contribution in [1.29, 1.82) is 0 Å². The van der Waals surface area contributed by atoms with Gasteiger partial charge in [0.2, 0.25) is 5.91 Å². The third-order valence-electron chi connectivity index (χ3n) is 5.93. The van der Waals surface area contributed by atoms with Gasteiger partial charge in [-0.05, 0) is 73.7 Å². The molecule has 3 rings (SSSR count). The number of rotatable bonds is 8. The predicted molar refractivity (Wildman–Crippen MR) is 123 cm³/mol. The van der Waals surface area contributed by atoms with Crippen LogP contribution < -0.4 is 10.2 Å². The number of halogens is 1. The Kier molecular flexibility index (Phi) is 6.98. The van der Waals surface area contributed by atoms with Crippen molar-refractivity contribution >= 4 is 23.2 Å². The second-order valence-corrected chi connectivity index (χ2v) is 8.93. The molecule has 5 nitrogen and oxygen atoms in total. The molecular weight excluding hydrogens is 393 g/mol. The van der Waals surface area contributed by atoms with Crippen LogP contribution in [0.25, 0.3) is 0 Å². The van der Waals surface area contributed by atoms with E-state index >= 15 is 0 Å². The first kappa shape index (κ1) is 22.8. The molecule has 6 heteroatoms. The van der Waals surface area contributed by atoms with Crippen LogP contribution in [0, 0.1) is 17.7 Å². The minimum atomic E-state index is -0.367. The van der Waals surface area contributed by atoms with Crippen molar-refractivity contribution in [3.05, 3.63) is 59.4 Å². The van der Waals surface area contributed by atoms with E-state index < -0.39 is 0 Å². The van der Waals surface area contributed by atoms with Gasteiger partial charge in [0, 0.05) is 49.5 Å². The molecule has 2 aromatic rings. The first-order chi connectivity index (χ1) is 14.7. The Balaban J connectivity index is 1.93. The quantitative estimate of drug-likeness (QED) is 0.653. The van der Waals surface area contributed by atoms with Crippen LogP contribution in [0.2, 0.25) is 0 Å². The second kappa shape index (κ2) is 9.50. The Hall–Kier alpha value is -2.89. The number of anilines is 2. The van der Waals surface area contributed by atoms with E-state index in [2.05, 4.69) is 19.2 Å². The normalized spacial score (nSPS) is 14.3. The van der Waals surface area contributed by atoms with Gasteiger partial charge in [0.05, 0.1) is 0 Å². The summed E-state index contributed by atoms with van der Waals surface area (Å²) in [6, 6.07) is 11.5. The lowest BCUT2D eigenvalue weighted by Gasteiger charge is -2.33. The zero-order valence-corrected chi connectivity index (χ0v) is 19.0. The Bertz CT molecular complexity index is 936. The van der Waals surface area contributed by atoms with Crippen molar-refractivity contribution in [2.24, 2.45) is 11.8 Å². The molecule has 0 heterocycles. The molecule has 0 bridgehead atoms. The molecule has 1 atom stereocenters. The average molecular weight is 426 g/mol. The number of carbonyl (C=O) groups is 2. The van der Waals surface area contributed by atoms with Gasteiger partial charge in [-0.25, -0.2) is 4.39 Å². The summed E-state index contributed by atoms with van der Waals surface area (Å²) in [4.78, 5) is 29.4. The van der Waals surface area contributed by atoms with Crippen LogP contribution in [0.15, 0.2) is 42.5 Å². The first-order valence-electron chi connectivity index (χ1n) is 10.8. The highest BCUT2D eigenvalue weighted by Crippen LogP contribution is 2.32. The minimum Gasteiger partial charge on any atom is -0.377 e. The van der Waals surface area contributed by atoms with Gasteiger partial charge < -0.3 is 15.1 Å².